The smallest absolute Gasteiger partial charge is 0.191 e. The fourth-order valence-corrected chi connectivity index (χ4v) is 2.43. The van der Waals surface area contributed by atoms with Crippen LogP contribution >= 0.6 is 35.7 Å². The first-order chi connectivity index (χ1) is 9.74. The summed E-state index contributed by atoms with van der Waals surface area (Å²) in [6.07, 6.45) is 3.08. The third-order valence-electron chi connectivity index (χ3n) is 3.45. The molecule has 0 saturated heterocycles. The highest BCUT2D eigenvalue weighted by molar-refractivity contribution is 14.0. The minimum atomic E-state index is 0. The fraction of sp³-hybridized carbons (Fsp3) is 0.533. The Labute approximate surface area is 148 Å². The number of guanidine groups is 1. The van der Waals surface area contributed by atoms with Crippen molar-refractivity contribution in [3.8, 4) is 5.75 Å². The number of nitrogens with one attached hydrogen (secondary N) is 2. The molecule has 1 aromatic carbocycles. The molecule has 21 heavy (non-hydrogen) atoms. The molecule has 1 aromatic rings. The lowest BCUT2D eigenvalue weighted by Crippen LogP contribution is -2.42. The summed E-state index contributed by atoms with van der Waals surface area (Å²) in [6.45, 7) is 3.85. The largest absolute Gasteiger partial charge is 0.493 e. The Morgan fingerprint density at radius 3 is 2.95 bits per heavy atom. The number of benzene rings is 1. The van der Waals surface area contributed by atoms with Crippen molar-refractivity contribution in [2.24, 2.45) is 4.99 Å². The summed E-state index contributed by atoms with van der Waals surface area (Å²) in [6, 6.07) is 8.46. The molecule has 118 valence electrons. The third-order valence-corrected chi connectivity index (χ3v) is 4.42. The Morgan fingerprint density at radius 2 is 2.24 bits per heavy atom. The van der Waals surface area contributed by atoms with Gasteiger partial charge >= 0.3 is 0 Å². The van der Waals surface area contributed by atoms with Gasteiger partial charge in [-0.3, -0.25) is 4.99 Å². The van der Waals surface area contributed by atoms with E-state index in [1.807, 2.05) is 37.0 Å². The average Bonchev–Trinajstić information content (AvgIpc) is 2.51. The van der Waals surface area contributed by atoms with Crippen LogP contribution in [-0.2, 0) is 0 Å². The number of nitrogens with zero attached hydrogens (tertiary/aromatic N) is 1. The Morgan fingerprint density at radius 1 is 1.48 bits per heavy atom. The van der Waals surface area contributed by atoms with Crippen LogP contribution in [0.3, 0.4) is 0 Å². The van der Waals surface area contributed by atoms with E-state index in [4.69, 9.17) is 4.74 Å². The zero-order valence-electron chi connectivity index (χ0n) is 12.8. The lowest BCUT2D eigenvalue weighted by molar-refractivity contribution is 0.261. The van der Waals surface area contributed by atoms with Crippen LogP contribution in [0.2, 0.25) is 0 Å². The summed E-state index contributed by atoms with van der Waals surface area (Å²) in [5.74, 6) is 1.83. The summed E-state index contributed by atoms with van der Waals surface area (Å²) >= 11 is 1.85. The summed E-state index contributed by atoms with van der Waals surface area (Å²) in [7, 11) is 1.81. The molecule has 0 aliphatic carbocycles. The van der Waals surface area contributed by atoms with Gasteiger partial charge in [0.25, 0.3) is 0 Å². The summed E-state index contributed by atoms with van der Waals surface area (Å²) in [5.41, 5.74) is 1.21. The van der Waals surface area contributed by atoms with Gasteiger partial charge in [-0.15, -0.1) is 24.0 Å². The van der Waals surface area contributed by atoms with Gasteiger partial charge in [0.05, 0.1) is 12.6 Å². The molecule has 2 rings (SSSR count). The highest BCUT2D eigenvalue weighted by Gasteiger charge is 2.21. The minimum absolute atomic E-state index is 0. The lowest BCUT2D eigenvalue weighted by atomic mass is 10.0. The van der Waals surface area contributed by atoms with Gasteiger partial charge in [-0.25, -0.2) is 0 Å². The van der Waals surface area contributed by atoms with E-state index < -0.39 is 0 Å². The molecule has 0 amide bonds. The van der Waals surface area contributed by atoms with Crippen molar-refractivity contribution in [2.75, 3.05) is 26.5 Å². The molecule has 0 fully saturated rings. The molecular formula is C15H24IN3OS. The first-order valence-electron chi connectivity index (χ1n) is 6.96. The van der Waals surface area contributed by atoms with Crippen LogP contribution in [0.5, 0.6) is 5.75 Å². The van der Waals surface area contributed by atoms with E-state index in [1.165, 1.54) is 5.56 Å². The van der Waals surface area contributed by atoms with E-state index >= 15 is 0 Å². The van der Waals surface area contributed by atoms with Crippen LogP contribution < -0.4 is 15.4 Å². The number of aliphatic imine (C=N–C) groups is 1. The molecule has 6 heteroatoms. The number of para-hydroxylation sites is 1. The normalized spacial score (nSPS) is 18.8. The van der Waals surface area contributed by atoms with Gasteiger partial charge in [0, 0.05) is 30.8 Å². The van der Waals surface area contributed by atoms with E-state index in [0.717, 1.165) is 31.3 Å². The second-order valence-electron chi connectivity index (χ2n) is 4.87. The van der Waals surface area contributed by atoms with Crippen LogP contribution in [0.15, 0.2) is 29.3 Å². The summed E-state index contributed by atoms with van der Waals surface area (Å²) in [4.78, 5) is 4.31. The number of hydrogen-bond donors (Lipinski definition) is 2. The maximum absolute atomic E-state index is 5.68. The molecule has 2 atom stereocenters. The van der Waals surface area contributed by atoms with Gasteiger partial charge < -0.3 is 15.4 Å². The van der Waals surface area contributed by atoms with Crippen molar-refractivity contribution in [3.63, 3.8) is 0 Å². The van der Waals surface area contributed by atoms with Gasteiger partial charge in [0.1, 0.15) is 5.75 Å². The maximum atomic E-state index is 5.68. The average molecular weight is 421 g/mol. The monoisotopic (exact) mass is 421 g/mol. The van der Waals surface area contributed by atoms with Crippen molar-refractivity contribution in [1.29, 1.82) is 0 Å². The molecule has 4 nitrogen and oxygen atoms in total. The van der Waals surface area contributed by atoms with Crippen LogP contribution in [0.25, 0.3) is 0 Å². The third kappa shape index (κ3) is 5.25. The Hall–Kier alpha value is -0.630. The van der Waals surface area contributed by atoms with Crippen LogP contribution in [-0.4, -0.2) is 37.7 Å². The van der Waals surface area contributed by atoms with E-state index in [1.54, 1.807) is 0 Å². The highest BCUT2D eigenvalue weighted by atomic mass is 127. The number of hydrogen-bond acceptors (Lipinski definition) is 3. The van der Waals surface area contributed by atoms with E-state index in [2.05, 4.69) is 34.9 Å². The molecule has 2 unspecified atom stereocenters. The van der Waals surface area contributed by atoms with Crippen molar-refractivity contribution < 1.29 is 4.74 Å². The van der Waals surface area contributed by atoms with Gasteiger partial charge in [-0.2, -0.15) is 11.8 Å². The second kappa shape index (κ2) is 9.40. The summed E-state index contributed by atoms with van der Waals surface area (Å²) < 4.78 is 5.68. The predicted molar refractivity (Wildman–Crippen MR) is 102 cm³/mol. The number of thioether (sulfide) groups is 1. The SMILES string of the molecule is CN=C(NCC(C)SC)NC1CCOc2ccccc21.I. The quantitative estimate of drug-likeness (QED) is 0.446. The minimum Gasteiger partial charge on any atom is -0.493 e. The highest BCUT2D eigenvalue weighted by Crippen LogP contribution is 2.31. The van der Waals surface area contributed by atoms with E-state index in [-0.39, 0.29) is 30.0 Å². The molecule has 0 aromatic heterocycles. The predicted octanol–water partition coefficient (Wildman–Crippen LogP) is 3.04. The van der Waals surface area contributed by atoms with E-state index in [9.17, 15) is 0 Å². The standard InChI is InChI=1S/C15H23N3OS.HI/c1-11(20-3)10-17-15(16-2)18-13-8-9-19-14-7-5-4-6-12(13)14;/h4-7,11,13H,8-10H2,1-3H3,(H2,16,17,18);1H. The Kier molecular flexibility index (Phi) is 8.24. The van der Waals surface area contributed by atoms with Gasteiger partial charge in [-0.05, 0) is 12.3 Å². The molecule has 2 N–H and O–H groups in total. The van der Waals surface area contributed by atoms with Gasteiger partial charge in [0.2, 0.25) is 0 Å². The van der Waals surface area contributed by atoms with E-state index in [0.29, 0.717) is 5.25 Å². The number of rotatable bonds is 4. The topological polar surface area (TPSA) is 45.7 Å². The van der Waals surface area contributed by atoms with Crippen molar-refractivity contribution in [3.05, 3.63) is 29.8 Å². The first-order valence-corrected chi connectivity index (χ1v) is 8.25. The van der Waals surface area contributed by atoms with Crippen LogP contribution in [0.1, 0.15) is 24.9 Å². The molecule has 0 radical (unpaired) electrons. The van der Waals surface area contributed by atoms with Gasteiger partial charge in [-0.1, -0.05) is 25.1 Å². The molecule has 0 saturated carbocycles. The molecular weight excluding hydrogens is 397 g/mol. The van der Waals surface area contributed by atoms with Crippen LogP contribution in [0.4, 0.5) is 0 Å². The van der Waals surface area contributed by atoms with Gasteiger partial charge in [0.15, 0.2) is 5.96 Å². The zero-order chi connectivity index (χ0) is 14.4. The maximum Gasteiger partial charge on any atom is 0.191 e. The lowest BCUT2D eigenvalue weighted by Gasteiger charge is -2.28. The van der Waals surface area contributed by atoms with Crippen LogP contribution in [0, 0.1) is 0 Å². The molecule has 1 heterocycles. The number of ether oxygens (including phenoxy) is 1. The van der Waals surface area contributed by atoms with Crippen molar-refractivity contribution in [1.82, 2.24) is 10.6 Å². The second-order valence-corrected chi connectivity index (χ2v) is 6.15. The zero-order valence-corrected chi connectivity index (χ0v) is 15.9. The molecule has 0 bridgehead atoms. The summed E-state index contributed by atoms with van der Waals surface area (Å²) in [5, 5.41) is 7.43. The van der Waals surface area contributed by atoms with Crippen molar-refractivity contribution >= 4 is 41.7 Å². The Bertz CT molecular complexity index is 470. The number of halogens is 1. The number of fused-ring (bicyclic) bond motifs is 1. The first kappa shape index (κ1) is 18.4. The molecule has 1 aliphatic heterocycles. The fourth-order valence-electron chi connectivity index (χ4n) is 2.18. The van der Waals surface area contributed by atoms with Crippen molar-refractivity contribution in [2.45, 2.75) is 24.6 Å². The molecule has 1 aliphatic rings. The molecule has 0 spiro atoms. The Balaban J connectivity index is 0.00000220.